The van der Waals surface area contributed by atoms with Crippen LogP contribution >= 0.6 is 11.3 Å². The van der Waals surface area contributed by atoms with Gasteiger partial charge in [-0.15, -0.1) is 11.3 Å². The van der Waals surface area contributed by atoms with Crippen molar-refractivity contribution in [3.63, 3.8) is 0 Å². The summed E-state index contributed by atoms with van der Waals surface area (Å²) in [5.41, 5.74) is 5.32. The number of aryl methyl sites for hydroxylation is 3. The number of aromatic nitrogens is 3. The van der Waals surface area contributed by atoms with E-state index in [1.54, 1.807) is 22.9 Å². The standard InChI is InChI=1S/C36H30FN3O2S/c1-24-11-10-21-38-33(24)31-19-18-30(43-31)32-25(2)39-35(40(36(32)41)22-20-26-12-5-3-6-13-26)28-16-9-17-29(37)34(28)42-23-27-14-7-4-8-15-27/h3-19,21H,20,22-23H2,1-2H3. The molecule has 3 heterocycles. The number of benzene rings is 3. The first-order valence-electron chi connectivity index (χ1n) is 14.1. The molecule has 0 radical (unpaired) electrons. The zero-order chi connectivity index (χ0) is 29.8. The molecule has 214 valence electrons. The van der Waals surface area contributed by atoms with E-state index in [0.717, 1.165) is 32.1 Å². The van der Waals surface area contributed by atoms with Gasteiger partial charge in [0, 0.05) is 17.6 Å². The highest BCUT2D eigenvalue weighted by Crippen LogP contribution is 2.37. The van der Waals surface area contributed by atoms with Crippen molar-refractivity contribution in [1.29, 1.82) is 0 Å². The smallest absolute Gasteiger partial charge is 0.262 e. The molecular weight excluding hydrogens is 557 g/mol. The Bertz CT molecular complexity index is 1930. The molecule has 6 aromatic rings. The summed E-state index contributed by atoms with van der Waals surface area (Å²) in [5.74, 6) is -0.0577. The van der Waals surface area contributed by atoms with Crippen LogP contribution in [0.5, 0.6) is 5.75 Å². The number of halogens is 1. The summed E-state index contributed by atoms with van der Waals surface area (Å²) in [6.07, 6.45) is 2.38. The normalized spacial score (nSPS) is 11.0. The van der Waals surface area contributed by atoms with E-state index in [9.17, 15) is 4.79 Å². The number of hydrogen-bond acceptors (Lipinski definition) is 5. The summed E-state index contributed by atoms with van der Waals surface area (Å²) in [6, 6.07) is 32.2. The fourth-order valence-corrected chi connectivity index (χ4v) is 6.30. The van der Waals surface area contributed by atoms with Crippen LogP contribution in [0.15, 0.2) is 114 Å². The van der Waals surface area contributed by atoms with Crippen LogP contribution in [-0.4, -0.2) is 14.5 Å². The first-order chi connectivity index (χ1) is 21.0. The van der Waals surface area contributed by atoms with E-state index in [1.165, 1.54) is 17.4 Å². The monoisotopic (exact) mass is 587 g/mol. The predicted octanol–water partition coefficient (Wildman–Crippen LogP) is 8.28. The topological polar surface area (TPSA) is 57.0 Å². The van der Waals surface area contributed by atoms with E-state index in [4.69, 9.17) is 9.72 Å². The Morgan fingerprint density at radius 1 is 0.814 bits per heavy atom. The molecule has 0 atom stereocenters. The van der Waals surface area contributed by atoms with Crippen LogP contribution in [0.2, 0.25) is 0 Å². The maximum atomic E-state index is 15.3. The Kier molecular flexibility index (Phi) is 8.24. The van der Waals surface area contributed by atoms with E-state index >= 15 is 4.39 Å². The molecule has 0 bridgehead atoms. The van der Waals surface area contributed by atoms with E-state index in [0.29, 0.717) is 35.6 Å². The van der Waals surface area contributed by atoms with Crippen molar-refractivity contribution in [2.75, 3.05) is 0 Å². The van der Waals surface area contributed by atoms with Crippen molar-refractivity contribution in [2.24, 2.45) is 0 Å². The highest BCUT2D eigenvalue weighted by Gasteiger charge is 2.23. The minimum Gasteiger partial charge on any atom is -0.485 e. The minimum atomic E-state index is -0.507. The Hall–Kier alpha value is -4.88. The Morgan fingerprint density at radius 3 is 2.28 bits per heavy atom. The van der Waals surface area contributed by atoms with Gasteiger partial charge in [0.25, 0.3) is 5.56 Å². The van der Waals surface area contributed by atoms with Gasteiger partial charge in [0.15, 0.2) is 11.6 Å². The molecule has 0 aliphatic heterocycles. The maximum Gasteiger partial charge on any atom is 0.262 e. The first kappa shape index (κ1) is 28.2. The fourth-order valence-electron chi connectivity index (χ4n) is 5.15. The van der Waals surface area contributed by atoms with Crippen LogP contribution in [0.3, 0.4) is 0 Å². The Morgan fingerprint density at radius 2 is 1.53 bits per heavy atom. The van der Waals surface area contributed by atoms with Crippen LogP contribution in [0.4, 0.5) is 4.39 Å². The molecule has 7 heteroatoms. The lowest BCUT2D eigenvalue weighted by Gasteiger charge is -2.18. The van der Waals surface area contributed by atoms with Crippen LogP contribution < -0.4 is 10.3 Å². The Balaban J connectivity index is 1.46. The van der Waals surface area contributed by atoms with Gasteiger partial charge < -0.3 is 4.74 Å². The number of rotatable bonds is 9. The molecule has 0 amide bonds. The molecule has 0 aliphatic rings. The van der Waals surface area contributed by atoms with E-state index in [-0.39, 0.29) is 17.9 Å². The average molecular weight is 588 g/mol. The molecule has 5 nitrogen and oxygen atoms in total. The van der Waals surface area contributed by atoms with E-state index in [1.807, 2.05) is 98.8 Å². The highest BCUT2D eigenvalue weighted by molar-refractivity contribution is 7.18. The molecule has 0 saturated carbocycles. The number of hydrogen-bond donors (Lipinski definition) is 0. The van der Waals surface area contributed by atoms with Gasteiger partial charge in [-0.1, -0.05) is 72.8 Å². The Labute approximate surface area is 253 Å². The molecule has 3 aromatic heterocycles. The lowest BCUT2D eigenvalue weighted by Crippen LogP contribution is -2.27. The van der Waals surface area contributed by atoms with Gasteiger partial charge in [-0.05, 0) is 67.3 Å². The third kappa shape index (κ3) is 6.03. The SMILES string of the molecule is Cc1cccnc1-c1ccc(-c2c(C)nc(-c3cccc(F)c3OCc3ccccc3)n(CCc3ccccc3)c2=O)s1. The summed E-state index contributed by atoms with van der Waals surface area (Å²) in [7, 11) is 0. The summed E-state index contributed by atoms with van der Waals surface area (Å²) < 4.78 is 23.0. The number of para-hydroxylation sites is 1. The zero-order valence-electron chi connectivity index (χ0n) is 24.0. The molecule has 0 spiro atoms. The van der Waals surface area contributed by atoms with Crippen molar-refractivity contribution < 1.29 is 9.13 Å². The summed E-state index contributed by atoms with van der Waals surface area (Å²) in [6.45, 7) is 4.41. The molecule has 6 rings (SSSR count). The lowest BCUT2D eigenvalue weighted by molar-refractivity contribution is 0.291. The van der Waals surface area contributed by atoms with E-state index < -0.39 is 5.82 Å². The number of nitrogens with zero attached hydrogens (tertiary/aromatic N) is 3. The highest BCUT2D eigenvalue weighted by atomic mass is 32.1. The second kappa shape index (κ2) is 12.5. The molecule has 0 fully saturated rings. The van der Waals surface area contributed by atoms with Crippen molar-refractivity contribution >= 4 is 11.3 Å². The lowest BCUT2D eigenvalue weighted by atomic mass is 10.1. The second-order valence-electron chi connectivity index (χ2n) is 10.3. The molecule has 3 aromatic carbocycles. The van der Waals surface area contributed by atoms with Crippen LogP contribution in [0, 0.1) is 19.7 Å². The minimum absolute atomic E-state index is 0.0721. The van der Waals surface area contributed by atoms with Gasteiger partial charge >= 0.3 is 0 Å². The number of pyridine rings is 1. The van der Waals surface area contributed by atoms with Crippen molar-refractivity contribution in [1.82, 2.24) is 14.5 Å². The van der Waals surface area contributed by atoms with Crippen molar-refractivity contribution in [3.05, 3.63) is 148 Å². The quantitative estimate of drug-likeness (QED) is 0.171. The summed E-state index contributed by atoms with van der Waals surface area (Å²) in [4.78, 5) is 25.7. The van der Waals surface area contributed by atoms with Crippen molar-refractivity contribution in [3.8, 4) is 38.1 Å². The van der Waals surface area contributed by atoms with Gasteiger partial charge in [0.1, 0.15) is 12.4 Å². The summed E-state index contributed by atoms with van der Waals surface area (Å²) >= 11 is 1.52. The zero-order valence-corrected chi connectivity index (χ0v) is 24.8. The maximum absolute atomic E-state index is 15.3. The predicted molar refractivity (Wildman–Crippen MR) is 171 cm³/mol. The number of ether oxygens (including phenoxy) is 1. The van der Waals surface area contributed by atoms with Crippen LogP contribution in [0.25, 0.3) is 32.4 Å². The van der Waals surface area contributed by atoms with Gasteiger partial charge in [-0.3, -0.25) is 14.3 Å². The summed E-state index contributed by atoms with van der Waals surface area (Å²) in [5, 5.41) is 0. The van der Waals surface area contributed by atoms with Crippen LogP contribution in [-0.2, 0) is 19.6 Å². The van der Waals surface area contributed by atoms with Gasteiger partial charge in [0.05, 0.1) is 27.4 Å². The number of thiophene rings is 1. The molecule has 0 unspecified atom stereocenters. The third-order valence-corrected chi connectivity index (χ3v) is 8.46. The molecule has 0 aliphatic carbocycles. The average Bonchev–Trinajstić information content (AvgIpc) is 3.50. The first-order valence-corrected chi connectivity index (χ1v) is 14.9. The van der Waals surface area contributed by atoms with Crippen molar-refractivity contribution in [2.45, 2.75) is 33.4 Å². The van der Waals surface area contributed by atoms with Gasteiger partial charge in [-0.25, -0.2) is 9.37 Å². The van der Waals surface area contributed by atoms with Crippen LogP contribution in [0.1, 0.15) is 22.4 Å². The molecular formula is C36H30FN3O2S. The van der Waals surface area contributed by atoms with E-state index in [2.05, 4.69) is 4.98 Å². The van der Waals surface area contributed by atoms with Gasteiger partial charge in [0.2, 0.25) is 0 Å². The molecule has 43 heavy (non-hydrogen) atoms. The largest absolute Gasteiger partial charge is 0.485 e. The fraction of sp³-hybridized carbons (Fsp3) is 0.139. The van der Waals surface area contributed by atoms with Gasteiger partial charge in [-0.2, -0.15) is 0 Å². The second-order valence-corrected chi connectivity index (χ2v) is 11.4. The third-order valence-electron chi connectivity index (χ3n) is 7.35. The molecule has 0 saturated heterocycles. The molecule has 0 N–H and O–H groups in total.